The van der Waals surface area contributed by atoms with Crippen molar-refractivity contribution in [1.29, 1.82) is 0 Å². The minimum absolute atomic E-state index is 0.287. The number of amides is 1. The van der Waals surface area contributed by atoms with Gasteiger partial charge in [0.2, 0.25) is 0 Å². The summed E-state index contributed by atoms with van der Waals surface area (Å²) in [5.41, 5.74) is 0. The summed E-state index contributed by atoms with van der Waals surface area (Å²) in [5, 5.41) is 2.77. The van der Waals surface area contributed by atoms with Gasteiger partial charge >= 0.3 is 6.09 Å². The molecule has 0 saturated carbocycles. The first-order valence-electron chi connectivity index (χ1n) is 5.81. The van der Waals surface area contributed by atoms with Crippen molar-refractivity contribution in [2.45, 2.75) is 26.2 Å². The molecule has 1 N–H and O–H groups in total. The van der Waals surface area contributed by atoms with Crippen LogP contribution < -0.4 is 5.32 Å². The van der Waals surface area contributed by atoms with E-state index in [0.717, 1.165) is 18.9 Å². The van der Waals surface area contributed by atoms with Gasteiger partial charge in [-0.2, -0.15) is 0 Å². The molecule has 1 aliphatic rings. The molecule has 1 rings (SSSR count). The normalized spacial score (nSPS) is 18.8. The van der Waals surface area contributed by atoms with Gasteiger partial charge in [0.25, 0.3) is 0 Å². The number of hydrogen-bond acceptors (Lipinski definition) is 3. The first-order valence-corrected chi connectivity index (χ1v) is 5.81. The smallest absolute Gasteiger partial charge is 0.407 e. The molecule has 1 heterocycles. The standard InChI is InChI=1S/C11H22N2O2/c1-3-15-11(14)12-7-4-10-5-8-13(2)9-6-10/h10H,3-9H2,1-2H3,(H,12,14). The highest BCUT2D eigenvalue weighted by molar-refractivity contribution is 5.66. The molecule has 0 bridgehead atoms. The van der Waals surface area contributed by atoms with E-state index in [4.69, 9.17) is 4.74 Å². The summed E-state index contributed by atoms with van der Waals surface area (Å²) in [4.78, 5) is 13.4. The van der Waals surface area contributed by atoms with Gasteiger partial charge in [0.1, 0.15) is 0 Å². The Labute approximate surface area is 92.0 Å². The maximum atomic E-state index is 11.0. The van der Waals surface area contributed by atoms with Crippen LogP contribution in [0.4, 0.5) is 4.79 Å². The van der Waals surface area contributed by atoms with Crippen molar-refractivity contribution in [1.82, 2.24) is 10.2 Å². The fourth-order valence-corrected chi connectivity index (χ4v) is 1.91. The van der Waals surface area contributed by atoms with Crippen LogP contribution in [-0.2, 0) is 4.74 Å². The number of piperidine rings is 1. The molecule has 0 aliphatic carbocycles. The Morgan fingerprint density at radius 3 is 2.73 bits per heavy atom. The van der Waals surface area contributed by atoms with Crippen LogP contribution in [0.5, 0.6) is 0 Å². The minimum atomic E-state index is -0.287. The highest BCUT2D eigenvalue weighted by Crippen LogP contribution is 2.18. The van der Waals surface area contributed by atoms with Gasteiger partial charge in [-0.25, -0.2) is 4.79 Å². The average Bonchev–Trinajstić information content (AvgIpc) is 2.21. The van der Waals surface area contributed by atoms with E-state index in [2.05, 4.69) is 17.3 Å². The van der Waals surface area contributed by atoms with E-state index in [1.165, 1.54) is 25.9 Å². The molecule has 0 aromatic carbocycles. The SMILES string of the molecule is CCOC(=O)NCCC1CCN(C)CC1. The number of hydrogen-bond donors (Lipinski definition) is 1. The number of likely N-dealkylation sites (tertiary alicyclic amines) is 1. The van der Waals surface area contributed by atoms with E-state index in [1.54, 1.807) is 0 Å². The molecule has 1 saturated heterocycles. The van der Waals surface area contributed by atoms with E-state index in [-0.39, 0.29) is 6.09 Å². The Balaban J connectivity index is 2.02. The second kappa shape index (κ2) is 6.67. The topological polar surface area (TPSA) is 41.6 Å². The number of carbonyl (C=O) groups excluding carboxylic acids is 1. The predicted octanol–water partition coefficient (Wildman–Crippen LogP) is 1.46. The molecule has 1 aliphatic heterocycles. The van der Waals surface area contributed by atoms with Gasteiger partial charge in [-0.1, -0.05) is 0 Å². The van der Waals surface area contributed by atoms with Crippen molar-refractivity contribution in [3.8, 4) is 0 Å². The van der Waals surface area contributed by atoms with Gasteiger partial charge in [-0.05, 0) is 52.2 Å². The highest BCUT2D eigenvalue weighted by atomic mass is 16.5. The summed E-state index contributed by atoms with van der Waals surface area (Å²) >= 11 is 0. The summed E-state index contributed by atoms with van der Waals surface area (Å²) in [7, 11) is 2.16. The zero-order valence-corrected chi connectivity index (χ0v) is 9.79. The van der Waals surface area contributed by atoms with Crippen molar-refractivity contribution < 1.29 is 9.53 Å². The summed E-state index contributed by atoms with van der Waals surface area (Å²) in [6.07, 6.45) is 3.29. The lowest BCUT2D eigenvalue weighted by Crippen LogP contribution is -2.32. The third-order valence-electron chi connectivity index (χ3n) is 2.94. The van der Waals surface area contributed by atoms with Crippen LogP contribution in [-0.4, -0.2) is 44.3 Å². The molecule has 0 radical (unpaired) electrons. The Morgan fingerprint density at radius 1 is 1.47 bits per heavy atom. The molecular weight excluding hydrogens is 192 g/mol. The second-order valence-electron chi connectivity index (χ2n) is 4.18. The molecule has 1 fully saturated rings. The Bertz CT molecular complexity index is 189. The molecule has 0 aromatic heterocycles. The summed E-state index contributed by atoms with van der Waals surface area (Å²) < 4.78 is 4.79. The van der Waals surface area contributed by atoms with Crippen molar-refractivity contribution >= 4 is 6.09 Å². The zero-order valence-electron chi connectivity index (χ0n) is 9.79. The number of ether oxygens (including phenoxy) is 1. The van der Waals surface area contributed by atoms with Crippen molar-refractivity contribution in [2.75, 3.05) is 33.3 Å². The average molecular weight is 214 g/mol. The largest absolute Gasteiger partial charge is 0.450 e. The van der Waals surface area contributed by atoms with Crippen molar-refractivity contribution in [3.05, 3.63) is 0 Å². The van der Waals surface area contributed by atoms with Gasteiger partial charge in [0.15, 0.2) is 0 Å². The lowest BCUT2D eigenvalue weighted by atomic mass is 9.94. The maximum Gasteiger partial charge on any atom is 0.407 e. The molecule has 0 aromatic rings. The third-order valence-corrected chi connectivity index (χ3v) is 2.94. The third kappa shape index (κ3) is 5.02. The first kappa shape index (κ1) is 12.3. The Kier molecular flexibility index (Phi) is 5.47. The van der Waals surface area contributed by atoms with Crippen molar-refractivity contribution in [3.63, 3.8) is 0 Å². The maximum absolute atomic E-state index is 11.0. The number of alkyl carbamates (subject to hydrolysis) is 1. The molecular formula is C11H22N2O2. The quantitative estimate of drug-likeness (QED) is 0.770. The molecule has 0 unspecified atom stereocenters. The van der Waals surface area contributed by atoms with Crippen LogP contribution in [0, 0.1) is 5.92 Å². The summed E-state index contributed by atoms with van der Waals surface area (Å²) in [5.74, 6) is 0.767. The van der Waals surface area contributed by atoms with Gasteiger partial charge in [-0.15, -0.1) is 0 Å². The van der Waals surface area contributed by atoms with Crippen molar-refractivity contribution in [2.24, 2.45) is 5.92 Å². The molecule has 0 atom stereocenters. The number of nitrogens with one attached hydrogen (secondary N) is 1. The number of rotatable bonds is 4. The number of carbonyl (C=O) groups is 1. The lowest BCUT2D eigenvalue weighted by molar-refractivity contribution is 0.150. The number of nitrogens with zero attached hydrogens (tertiary/aromatic N) is 1. The van der Waals surface area contributed by atoms with E-state index in [9.17, 15) is 4.79 Å². The Hall–Kier alpha value is -0.770. The molecule has 0 spiro atoms. The molecule has 4 nitrogen and oxygen atoms in total. The lowest BCUT2D eigenvalue weighted by Gasteiger charge is -2.28. The summed E-state index contributed by atoms with van der Waals surface area (Å²) in [6.45, 7) is 5.37. The van der Waals surface area contributed by atoms with Crippen LogP contribution in [0.15, 0.2) is 0 Å². The van der Waals surface area contributed by atoms with Crippen LogP contribution >= 0.6 is 0 Å². The van der Waals surface area contributed by atoms with Crippen LogP contribution in [0.25, 0.3) is 0 Å². The first-order chi connectivity index (χ1) is 7.22. The van der Waals surface area contributed by atoms with E-state index < -0.39 is 0 Å². The van der Waals surface area contributed by atoms with E-state index in [1.807, 2.05) is 6.92 Å². The van der Waals surface area contributed by atoms with Gasteiger partial charge < -0.3 is 15.0 Å². The van der Waals surface area contributed by atoms with Crippen LogP contribution in [0.2, 0.25) is 0 Å². The fourth-order valence-electron chi connectivity index (χ4n) is 1.91. The molecule has 1 amide bonds. The molecule has 4 heteroatoms. The highest BCUT2D eigenvalue weighted by Gasteiger charge is 2.16. The minimum Gasteiger partial charge on any atom is -0.450 e. The van der Waals surface area contributed by atoms with E-state index >= 15 is 0 Å². The summed E-state index contributed by atoms with van der Waals surface area (Å²) in [6, 6.07) is 0. The zero-order chi connectivity index (χ0) is 11.1. The monoisotopic (exact) mass is 214 g/mol. The second-order valence-corrected chi connectivity index (χ2v) is 4.18. The molecule has 88 valence electrons. The van der Waals surface area contributed by atoms with Crippen LogP contribution in [0.1, 0.15) is 26.2 Å². The van der Waals surface area contributed by atoms with Gasteiger partial charge in [0.05, 0.1) is 6.61 Å². The fraction of sp³-hybridized carbons (Fsp3) is 0.909. The van der Waals surface area contributed by atoms with Crippen LogP contribution in [0.3, 0.4) is 0 Å². The Morgan fingerprint density at radius 2 is 2.13 bits per heavy atom. The van der Waals surface area contributed by atoms with E-state index in [0.29, 0.717) is 6.61 Å². The predicted molar refractivity (Wildman–Crippen MR) is 59.9 cm³/mol. The van der Waals surface area contributed by atoms with Gasteiger partial charge in [0, 0.05) is 6.54 Å². The van der Waals surface area contributed by atoms with Gasteiger partial charge in [-0.3, -0.25) is 0 Å². The molecule has 15 heavy (non-hydrogen) atoms.